The van der Waals surface area contributed by atoms with E-state index in [1.54, 1.807) is 6.20 Å². The first-order valence-corrected chi connectivity index (χ1v) is 5.98. The molecule has 14 heavy (non-hydrogen) atoms. The molecular formula is C11H17BrN2. The summed E-state index contributed by atoms with van der Waals surface area (Å²) in [6.45, 7) is 2.20. The predicted octanol–water partition coefficient (Wildman–Crippen LogP) is 3.16. The summed E-state index contributed by atoms with van der Waals surface area (Å²) in [4.78, 5) is 4.68. The van der Waals surface area contributed by atoms with E-state index in [0.29, 0.717) is 4.83 Å². The van der Waals surface area contributed by atoms with Gasteiger partial charge in [-0.3, -0.25) is 4.98 Å². The summed E-state index contributed by atoms with van der Waals surface area (Å²) in [6, 6.07) is 1.86. The van der Waals surface area contributed by atoms with Gasteiger partial charge in [0.15, 0.2) is 0 Å². The number of aryl methyl sites for hydroxylation is 1. The van der Waals surface area contributed by atoms with Crippen LogP contribution >= 0.6 is 15.9 Å². The first-order chi connectivity index (χ1) is 6.74. The first-order valence-electron chi connectivity index (χ1n) is 5.06. The number of alkyl halides is 1. The molecule has 0 radical (unpaired) electrons. The van der Waals surface area contributed by atoms with Crippen molar-refractivity contribution in [3.05, 3.63) is 24.0 Å². The standard InChI is InChI=1S/C11H17BrN2/c1-2-3-10(12)5-4-9-8-14-7-6-11(9)13/h6-8,10H,2-5H2,1H3,(H2,13,14). The third-order valence-corrected chi connectivity index (χ3v) is 3.19. The Kier molecular flexibility index (Phi) is 4.94. The Bertz CT molecular complexity index is 276. The molecule has 1 aromatic heterocycles. The molecule has 78 valence electrons. The fourth-order valence-corrected chi connectivity index (χ4v) is 2.10. The van der Waals surface area contributed by atoms with Crippen LogP contribution in [-0.4, -0.2) is 9.81 Å². The molecule has 1 unspecified atom stereocenters. The Morgan fingerprint density at radius 3 is 2.93 bits per heavy atom. The second-order valence-electron chi connectivity index (χ2n) is 3.50. The molecular weight excluding hydrogens is 240 g/mol. The summed E-state index contributed by atoms with van der Waals surface area (Å²) < 4.78 is 0. The lowest BCUT2D eigenvalue weighted by molar-refractivity contribution is 0.693. The smallest absolute Gasteiger partial charge is 0.0377 e. The van der Waals surface area contributed by atoms with Crippen molar-refractivity contribution in [1.29, 1.82) is 0 Å². The van der Waals surface area contributed by atoms with Gasteiger partial charge in [0, 0.05) is 22.9 Å². The maximum absolute atomic E-state index is 5.83. The Hall–Kier alpha value is -0.570. The van der Waals surface area contributed by atoms with Crippen molar-refractivity contribution in [2.24, 2.45) is 0 Å². The summed E-state index contributed by atoms with van der Waals surface area (Å²) >= 11 is 3.66. The number of nitrogens with zero attached hydrogens (tertiary/aromatic N) is 1. The Labute approximate surface area is 94.0 Å². The summed E-state index contributed by atoms with van der Waals surface area (Å²) in [6.07, 6.45) is 8.18. The highest BCUT2D eigenvalue weighted by Gasteiger charge is 2.04. The van der Waals surface area contributed by atoms with Gasteiger partial charge in [-0.25, -0.2) is 0 Å². The molecule has 0 aliphatic rings. The zero-order chi connectivity index (χ0) is 10.4. The van der Waals surface area contributed by atoms with Crippen LogP contribution in [0.5, 0.6) is 0 Å². The fourth-order valence-electron chi connectivity index (χ4n) is 1.42. The quantitative estimate of drug-likeness (QED) is 0.823. The molecule has 0 spiro atoms. The lowest BCUT2D eigenvalue weighted by Crippen LogP contribution is -2.02. The zero-order valence-electron chi connectivity index (χ0n) is 8.54. The van der Waals surface area contributed by atoms with E-state index in [1.807, 2.05) is 12.3 Å². The molecule has 0 saturated carbocycles. The number of nitrogen functional groups attached to an aromatic ring is 1. The van der Waals surface area contributed by atoms with E-state index in [9.17, 15) is 0 Å². The van der Waals surface area contributed by atoms with Crippen molar-refractivity contribution in [2.45, 2.75) is 37.4 Å². The molecule has 3 heteroatoms. The second kappa shape index (κ2) is 6.02. The lowest BCUT2D eigenvalue weighted by atomic mass is 10.1. The number of hydrogen-bond acceptors (Lipinski definition) is 2. The Morgan fingerprint density at radius 1 is 1.50 bits per heavy atom. The van der Waals surface area contributed by atoms with Crippen molar-refractivity contribution < 1.29 is 0 Å². The van der Waals surface area contributed by atoms with E-state index >= 15 is 0 Å². The molecule has 1 heterocycles. The van der Waals surface area contributed by atoms with Crippen LogP contribution in [0.25, 0.3) is 0 Å². The SMILES string of the molecule is CCCC(Br)CCc1cnccc1N. The summed E-state index contributed by atoms with van der Waals surface area (Å²) in [5.41, 5.74) is 7.84. The van der Waals surface area contributed by atoms with Crippen molar-refractivity contribution in [3.63, 3.8) is 0 Å². The maximum Gasteiger partial charge on any atom is 0.0377 e. The predicted molar refractivity (Wildman–Crippen MR) is 64.6 cm³/mol. The molecule has 1 aromatic rings. The van der Waals surface area contributed by atoms with Crippen LogP contribution in [0.4, 0.5) is 5.69 Å². The molecule has 0 amide bonds. The van der Waals surface area contributed by atoms with Crippen LogP contribution in [0, 0.1) is 0 Å². The minimum Gasteiger partial charge on any atom is -0.398 e. The molecule has 0 aliphatic heterocycles. The summed E-state index contributed by atoms with van der Waals surface area (Å²) in [7, 11) is 0. The van der Waals surface area contributed by atoms with Crippen molar-refractivity contribution in [1.82, 2.24) is 4.98 Å². The average molecular weight is 257 g/mol. The molecule has 2 nitrogen and oxygen atoms in total. The normalized spacial score (nSPS) is 12.7. The highest BCUT2D eigenvalue weighted by molar-refractivity contribution is 9.09. The molecule has 0 aromatic carbocycles. The number of nitrogens with two attached hydrogens (primary N) is 1. The van der Waals surface area contributed by atoms with E-state index in [1.165, 1.54) is 12.8 Å². The van der Waals surface area contributed by atoms with Gasteiger partial charge in [-0.1, -0.05) is 29.3 Å². The van der Waals surface area contributed by atoms with E-state index in [0.717, 1.165) is 24.1 Å². The van der Waals surface area contributed by atoms with E-state index in [-0.39, 0.29) is 0 Å². The van der Waals surface area contributed by atoms with Crippen LogP contribution in [0.2, 0.25) is 0 Å². The van der Waals surface area contributed by atoms with Gasteiger partial charge in [0.1, 0.15) is 0 Å². The molecule has 0 saturated heterocycles. The molecule has 1 atom stereocenters. The summed E-state index contributed by atoms with van der Waals surface area (Å²) in [5, 5.41) is 0. The third kappa shape index (κ3) is 3.66. The average Bonchev–Trinajstić information content (AvgIpc) is 2.17. The van der Waals surface area contributed by atoms with Crippen molar-refractivity contribution in [3.8, 4) is 0 Å². The van der Waals surface area contributed by atoms with Gasteiger partial charge in [0.25, 0.3) is 0 Å². The number of rotatable bonds is 5. The van der Waals surface area contributed by atoms with Crippen LogP contribution in [0.1, 0.15) is 31.7 Å². The second-order valence-corrected chi connectivity index (χ2v) is 4.79. The van der Waals surface area contributed by atoms with E-state index < -0.39 is 0 Å². The highest BCUT2D eigenvalue weighted by Crippen LogP contribution is 2.18. The number of halogens is 1. The van der Waals surface area contributed by atoms with Gasteiger partial charge in [-0.05, 0) is 30.9 Å². The van der Waals surface area contributed by atoms with Gasteiger partial charge >= 0.3 is 0 Å². The summed E-state index contributed by atoms with van der Waals surface area (Å²) in [5.74, 6) is 0. The molecule has 2 N–H and O–H groups in total. The van der Waals surface area contributed by atoms with Gasteiger partial charge in [0.05, 0.1) is 0 Å². The van der Waals surface area contributed by atoms with Crippen LogP contribution in [0.15, 0.2) is 18.5 Å². The Balaban J connectivity index is 2.41. The van der Waals surface area contributed by atoms with E-state index in [2.05, 4.69) is 27.8 Å². The largest absolute Gasteiger partial charge is 0.398 e. The topological polar surface area (TPSA) is 38.9 Å². The van der Waals surface area contributed by atoms with Crippen LogP contribution in [0.3, 0.4) is 0 Å². The monoisotopic (exact) mass is 256 g/mol. The van der Waals surface area contributed by atoms with Gasteiger partial charge < -0.3 is 5.73 Å². The van der Waals surface area contributed by atoms with E-state index in [4.69, 9.17) is 5.73 Å². The van der Waals surface area contributed by atoms with Crippen LogP contribution < -0.4 is 5.73 Å². The number of pyridine rings is 1. The minimum atomic E-state index is 0.604. The van der Waals surface area contributed by atoms with Crippen molar-refractivity contribution in [2.75, 3.05) is 5.73 Å². The van der Waals surface area contributed by atoms with Gasteiger partial charge in [-0.15, -0.1) is 0 Å². The molecule has 0 aliphatic carbocycles. The third-order valence-electron chi connectivity index (χ3n) is 2.27. The molecule has 0 bridgehead atoms. The van der Waals surface area contributed by atoms with Gasteiger partial charge in [0.2, 0.25) is 0 Å². The first kappa shape index (κ1) is 11.5. The van der Waals surface area contributed by atoms with Crippen LogP contribution in [-0.2, 0) is 6.42 Å². The number of aromatic nitrogens is 1. The van der Waals surface area contributed by atoms with Gasteiger partial charge in [-0.2, -0.15) is 0 Å². The highest BCUT2D eigenvalue weighted by atomic mass is 79.9. The number of hydrogen-bond donors (Lipinski definition) is 1. The number of anilines is 1. The fraction of sp³-hybridized carbons (Fsp3) is 0.545. The van der Waals surface area contributed by atoms with Crippen molar-refractivity contribution >= 4 is 21.6 Å². The Morgan fingerprint density at radius 2 is 2.29 bits per heavy atom. The zero-order valence-corrected chi connectivity index (χ0v) is 10.1. The lowest BCUT2D eigenvalue weighted by Gasteiger charge is -2.08. The molecule has 0 fully saturated rings. The minimum absolute atomic E-state index is 0.604. The molecule has 1 rings (SSSR count). The maximum atomic E-state index is 5.83.